The van der Waals surface area contributed by atoms with Crippen molar-refractivity contribution in [3.63, 3.8) is 0 Å². The normalized spacial score (nSPS) is 20.0. The number of nitrogens with zero attached hydrogens (tertiary/aromatic N) is 1. The molecule has 1 aromatic rings. The van der Waals surface area contributed by atoms with Crippen molar-refractivity contribution in [1.29, 1.82) is 0 Å². The van der Waals surface area contributed by atoms with Crippen molar-refractivity contribution in [2.24, 2.45) is 5.92 Å². The first-order valence-corrected chi connectivity index (χ1v) is 7.41. The van der Waals surface area contributed by atoms with Crippen molar-refractivity contribution >= 4 is 27.5 Å². The molecule has 1 unspecified atom stereocenters. The fourth-order valence-corrected chi connectivity index (χ4v) is 3.09. The summed E-state index contributed by atoms with van der Waals surface area (Å²) in [5.41, 5.74) is 7.80. The van der Waals surface area contributed by atoms with Crippen molar-refractivity contribution in [2.75, 3.05) is 22.9 Å². The molecule has 19 heavy (non-hydrogen) atoms. The van der Waals surface area contributed by atoms with E-state index >= 15 is 0 Å². The Morgan fingerprint density at radius 1 is 1.47 bits per heavy atom. The van der Waals surface area contributed by atoms with Crippen LogP contribution in [-0.4, -0.2) is 26.6 Å². The van der Waals surface area contributed by atoms with E-state index in [1.54, 1.807) is 12.1 Å². The average Bonchev–Trinajstić information content (AvgIpc) is 2.61. The van der Waals surface area contributed by atoms with Crippen molar-refractivity contribution in [1.82, 2.24) is 0 Å². The number of carbonyl (C=O) groups is 1. The van der Waals surface area contributed by atoms with Gasteiger partial charge in [-0.3, -0.25) is 4.79 Å². The summed E-state index contributed by atoms with van der Waals surface area (Å²) in [5.74, 6) is -1.38. The van der Waals surface area contributed by atoms with Crippen LogP contribution in [0.2, 0.25) is 0 Å². The molecule has 1 fully saturated rings. The number of para-hydroxylation sites is 1. The van der Waals surface area contributed by atoms with Gasteiger partial charge in [0, 0.05) is 18.9 Å². The lowest BCUT2D eigenvalue weighted by molar-refractivity contribution is -0.117. The van der Waals surface area contributed by atoms with E-state index in [1.807, 2.05) is 13.0 Å². The highest BCUT2D eigenvalue weighted by Crippen LogP contribution is 2.32. The molecule has 0 aliphatic carbocycles. The zero-order valence-electron chi connectivity index (χ0n) is 10.5. The standard InChI is InChI=1S/C12H15FN2O3S/c1-8-3-2-4-10(12(8)14)15-6-9(5-11(15)16)7-19(13,17)18/h2-4,9H,5-7,14H2,1H3. The molecule has 2 N–H and O–H groups in total. The minimum atomic E-state index is -4.57. The Kier molecular flexibility index (Phi) is 3.49. The van der Waals surface area contributed by atoms with E-state index in [0.29, 0.717) is 11.4 Å². The Bertz CT molecular complexity index is 615. The molecule has 1 aliphatic rings. The molecule has 5 nitrogen and oxygen atoms in total. The van der Waals surface area contributed by atoms with E-state index in [1.165, 1.54) is 4.90 Å². The molecule has 1 aliphatic heterocycles. The van der Waals surface area contributed by atoms with Crippen molar-refractivity contribution in [3.8, 4) is 0 Å². The van der Waals surface area contributed by atoms with E-state index in [2.05, 4.69) is 0 Å². The lowest BCUT2D eigenvalue weighted by atomic mass is 10.1. The number of amides is 1. The molecule has 0 bridgehead atoms. The molecular formula is C12H15FN2O3S. The van der Waals surface area contributed by atoms with E-state index in [4.69, 9.17) is 5.73 Å². The minimum absolute atomic E-state index is 0.0243. The van der Waals surface area contributed by atoms with Gasteiger partial charge in [0.25, 0.3) is 0 Å². The van der Waals surface area contributed by atoms with Crippen molar-refractivity contribution < 1.29 is 17.1 Å². The van der Waals surface area contributed by atoms with Crippen molar-refractivity contribution in [2.45, 2.75) is 13.3 Å². The summed E-state index contributed by atoms with van der Waals surface area (Å²) < 4.78 is 33.9. The zero-order chi connectivity index (χ0) is 14.2. The van der Waals surface area contributed by atoms with E-state index < -0.39 is 21.9 Å². The van der Waals surface area contributed by atoms with Crippen LogP contribution in [-0.2, 0) is 15.0 Å². The van der Waals surface area contributed by atoms with E-state index in [-0.39, 0.29) is 18.9 Å². The molecule has 1 saturated heterocycles. The summed E-state index contributed by atoms with van der Waals surface area (Å²) in [6, 6.07) is 5.29. The monoisotopic (exact) mass is 286 g/mol. The second-order valence-electron chi connectivity index (χ2n) is 4.79. The number of carbonyl (C=O) groups excluding carboxylic acids is 1. The highest BCUT2D eigenvalue weighted by Gasteiger charge is 2.34. The van der Waals surface area contributed by atoms with Crippen LogP contribution in [0.25, 0.3) is 0 Å². The molecule has 0 saturated carbocycles. The summed E-state index contributed by atoms with van der Waals surface area (Å²) in [6.07, 6.45) is 0.0243. The lowest BCUT2D eigenvalue weighted by Crippen LogP contribution is -2.26. The quantitative estimate of drug-likeness (QED) is 0.669. The van der Waals surface area contributed by atoms with Crippen LogP contribution >= 0.6 is 0 Å². The maximum absolute atomic E-state index is 12.7. The number of halogens is 1. The van der Waals surface area contributed by atoms with Gasteiger partial charge < -0.3 is 10.6 Å². The highest BCUT2D eigenvalue weighted by atomic mass is 32.3. The van der Waals surface area contributed by atoms with E-state index in [0.717, 1.165) is 5.56 Å². The summed E-state index contributed by atoms with van der Waals surface area (Å²) in [5, 5.41) is 0. The van der Waals surface area contributed by atoms with E-state index in [9.17, 15) is 17.1 Å². The molecule has 1 heterocycles. The van der Waals surface area contributed by atoms with Gasteiger partial charge in [-0.25, -0.2) is 0 Å². The largest absolute Gasteiger partial charge is 0.397 e. The Morgan fingerprint density at radius 2 is 2.16 bits per heavy atom. The third-order valence-electron chi connectivity index (χ3n) is 3.23. The van der Waals surface area contributed by atoms with Crippen LogP contribution < -0.4 is 10.6 Å². The van der Waals surface area contributed by atoms with Crippen LogP contribution in [0.5, 0.6) is 0 Å². The van der Waals surface area contributed by atoms with Crippen molar-refractivity contribution in [3.05, 3.63) is 23.8 Å². The van der Waals surface area contributed by atoms with Crippen LogP contribution in [0.15, 0.2) is 18.2 Å². The first kappa shape index (κ1) is 13.8. The summed E-state index contributed by atoms with van der Waals surface area (Å²) in [6.45, 7) is 2.00. The fourth-order valence-electron chi connectivity index (χ4n) is 2.31. The predicted molar refractivity (Wildman–Crippen MR) is 70.9 cm³/mol. The highest BCUT2D eigenvalue weighted by molar-refractivity contribution is 7.86. The average molecular weight is 286 g/mol. The molecule has 0 spiro atoms. The van der Waals surface area contributed by atoms with Gasteiger partial charge in [-0.1, -0.05) is 12.1 Å². The van der Waals surface area contributed by atoms with Gasteiger partial charge in [0.2, 0.25) is 5.91 Å². The van der Waals surface area contributed by atoms with Gasteiger partial charge in [-0.2, -0.15) is 8.42 Å². The maximum Gasteiger partial charge on any atom is 0.302 e. The second-order valence-corrected chi connectivity index (χ2v) is 6.20. The SMILES string of the molecule is Cc1cccc(N2CC(CS(=O)(=O)F)CC2=O)c1N. The molecule has 1 aromatic carbocycles. The molecule has 7 heteroatoms. The Morgan fingerprint density at radius 3 is 2.79 bits per heavy atom. The molecule has 104 valence electrons. The van der Waals surface area contributed by atoms with Gasteiger partial charge in [-0.15, -0.1) is 3.89 Å². The molecule has 1 atom stereocenters. The molecule has 0 radical (unpaired) electrons. The summed E-state index contributed by atoms with van der Waals surface area (Å²) in [4.78, 5) is 13.3. The summed E-state index contributed by atoms with van der Waals surface area (Å²) >= 11 is 0. The number of hydrogen-bond acceptors (Lipinski definition) is 4. The number of aryl methyl sites for hydroxylation is 1. The Labute approximate surface area is 111 Å². The topological polar surface area (TPSA) is 80.5 Å². The maximum atomic E-state index is 12.7. The number of anilines is 2. The van der Waals surface area contributed by atoms with Crippen LogP contribution in [0, 0.1) is 12.8 Å². The molecule has 2 rings (SSSR count). The third kappa shape index (κ3) is 3.04. The minimum Gasteiger partial charge on any atom is -0.397 e. The first-order chi connectivity index (χ1) is 8.78. The Balaban J connectivity index is 2.23. The van der Waals surface area contributed by atoms with Crippen LogP contribution in [0.4, 0.5) is 15.3 Å². The Hall–Kier alpha value is -1.63. The van der Waals surface area contributed by atoms with Crippen LogP contribution in [0.1, 0.15) is 12.0 Å². The predicted octanol–water partition coefficient (Wildman–Crippen LogP) is 1.23. The number of nitrogen functional groups attached to an aromatic ring is 1. The third-order valence-corrected chi connectivity index (χ3v) is 4.10. The van der Waals surface area contributed by atoms with Gasteiger partial charge in [0.1, 0.15) is 0 Å². The number of nitrogens with two attached hydrogens (primary N) is 1. The molecule has 0 aromatic heterocycles. The molecular weight excluding hydrogens is 271 g/mol. The zero-order valence-corrected chi connectivity index (χ0v) is 11.3. The summed E-state index contributed by atoms with van der Waals surface area (Å²) in [7, 11) is -4.57. The van der Waals surface area contributed by atoms with Gasteiger partial charge >= 0.3 is 10.2 Å². The second kappa shape index (κ2) is 4.80. The molecule has 1 amide bonds. The number of benzene rings is 1. The van der Waals surface area contributed by atoms with Gasteiger partial charge in [0.15, 0.2) is 0 Å². The number of hydrogen-bond donors (Lipinski definition) is 1. The van der Waals surface area contributed by atoms with Gasteiger partial charge in [-0.05, 0) is 18.6 Å². The smallest absolute Gasteiger partial charge is 0.302 e. The van der Waals surface area contributed by atoms with Gasteiger partial charge in [0.05, 0.1) is 17.1 Å². The number of rotatable bonds is 3. The first-order valence-electron chi connectivity index (χ1n) is 5.85. The van der Waals surface area contributed by atoms with Crippen LogP contribution in [0.3, 0.4) is 0 Å². The fraction of sp³-hybridized carbons (Fsp3) is 0.417. The lowest BCUT2D eigenvalue weighted by Gasteiger charge is -2.19.